The van der Waals surface area contributed by atoms with Gasteiger partial charge in [-0.1, -0.05) is 0 Å². The van der Waals surface area contributed by atoms with E-state index >= 15 is 0 Å². The van der Waals surface area contributed by atoms with Crippen molar-refractivity contribution in [3.63, 3.8) is 0 Å². The smallest absolute Gasteiger partial charge is 0.236 e. The second kappa shape index (κ2) is 6.47. The number of rotatable bonds is 4. The highest BCUT2D eigenvalue weighted by molar-refractivity contribution is 5.78. The van der Waals surface area contributed by atoms with Crippen LogP contribution >= 0.6 is 0 Å². The van der Waals surface area contributed by atoms with Gasteiger partial charge in [0.25, 0.3) is 0 Å². The van der Waals surface area contributed by atoms with Gasteiger partial charge < -0.3 is 15.0 Å². The SMILES string of the molecule is C[C@@H](NCC(=O)N1CCOCC1)c1ccncc1. The normalized spacial score (nSPS) is 17.5. The van der Waals surface area contributed by atoms with Crippen molar-refractivity contribution in [3.8, 4) is 0 Å². The van der Waals surface area contributed by atoms with Gasteiger partial charge in [-0.15, -0.1) is 0 Å². The first-order valence-electron chi connectivity index (χ1n) is 6.26. The number of morpholine rings is 1. The van der Waals surface area contributed by atoms with Gasteiger partial charge in [-0.3, -0.25) is 9.78 Å². The Morgan fingerprint density at radius 2 is 2.11 bits per heavy atom. The predicted molar refractivity (Wildman–Crippen MR) is 68.1 cm³/mol. The topological polar surface area (TPSA) is 54.5 Å². The number of nitrogens with one attached hydrogen (secondary N) is 1. The first-order chi connectivity index (χ1) is 8.77. The summed E-state index contributed by atoms with van der Waals surface area (Å²) in [5.41, 5.74) is 1.14. The van der Waals surface area contributed by atoms with Crippen LogP contribution in [0, 0.1) is 0 Å². The van der Waals surface area contributed by atoms with Crippen LogP contribution in [0.5, 0.6) is 0 Å². The number of carbonyl (C=O) groups excluding carboxylic acids is 1. The van der Waals surface area contributed by atoms with Crippen molar-refractivity contribution >= 4 is 5.91 Å². The summed E-state index contributed by atoms with van der Waals surface area (Å²) >= 11 is 0. The van der Waals surface area contributed by atoms with Gasteiger partial charge >= 0.3 is 0 Å². The van der Waals surface area contributed by atoms with Crippen LogP contribution in [0.3, 0.4) is 0 Å². The molecule has 0 saturated carbocycles. The van der Waals surface area contributed by atoms with Gasteiger partial charge in [0.15, 0.2) is 0 Å². The highest BCUT2D eigenvalue weighted by atomic mass is 16.5. The lowest BCUT2D eigenvalue weighted by Gasteiger charge is -2.27. The number of amides is 1. The lowest BCUT2D eigenvalue weighted by molar-refractivity contribution is -0.134. The van der Waals surface area contributed by atoms with E-state index in [-0.39, 0.29) is 11.9 Å². The molecule has 5 nitrogen and oxygen atoms in total. The molecular formula is C13H19N3O2. The van der Waals surface area contributed by atoms with E-state index < -0.39 is 0 Å². The van der Waals surface area contributed by atoms with E-state index in [2.05, 4.69) is 10.3 Å². The summed E-state index contributed by atoms with van der Waals surface area (Å²) in [4.78, 5) is 17.8. The van der Waals surface area contributed by atoms with Gasteiger partial charge in [0.1, 0.15) is 0 Å². The number of hydrogen-bond donors (Lipinski definition) is 1. The minimum atomic E-state index is 0.138. The Morgan fingerprint density at radius 1 is 1.44 bits per heavy atom. The molecule has 0 spiro atoms. The summed E-state index contributed by atoms with van der Waals surface area (Å²) in [7, 11) is 0. The molecule has 0 bridgehead atoms. The summed E-state index contributed by atoms with van der Waals surface area (Å²) in [6.45, 7) is 5.09. The Hall–Kier alpha value is -1.46. The van der Waals surface area contributed by atoms with Crippen LogP contribution in [0.2, 0.25) is 0 Å². The molecule has 1 N–H and O–H groups in total. The molecule has 1 aliphatic rings. The Balaban J connectivity index is 1.78. The summed E-state index contributed by atoms with van der Waals surface area (Å²) in [6, 6.07) is 4.06. The third kappa shape index (κ3) is 3.51. The Labute approximate surface area is 107 Å². The molecule has 1 aromatic rings. The average Bonchev–Trinajstić information content (AvgIpc) is 2.46. The molecule has 2 rings (SSSR count). The maximum atomic E-state index is 11.9. The van der Waals surface area contributed by atoms with E-state index in [1.54, 1.807) is 12.4 Å². The van der Waals surface area contributed by atoms with Gasteiger partial charge in [-0.25, -0.2) is 0 Å². The fraction of sp³-hybridized carbons (Fsp3) is 0.538. The Bertz CT molecular complexity index is 377. The predicted octanol–water partition coefficient (Wildman–Crippen LogP) is 0.591. The van der Waals surface area contributed by atoms with Gasteiger partial charge in [0, 0.05) is 31.5 Å². The summed E-state index contributed by atoms with van der Waals surface area (Å²) < 4.78 is 5.22. The minimum absolute atomic E-state index is 0.138. The van der Waals surface area contributed by atoms with Crippen molar-refractivity contribution < 1.29 is 9.53 Å². The zero-order valence-electron chi connectivity index (χ0n) is 10.6. The van der Waals surface area contributed by atoms with Crippen molar-refractivity contribution in [3.05, 3.63) is 30.1 Å². The van der Waals surface area contributed by atoms with E-state index in [9.17, 15) is 4.79 Å². The molecule has 18 heavy (non-hydrogen) atoms. The standard InChI is InChI=1S/C13H19N3O2/c1-11(12-2-4-14-5-3-12)15-10-13(17)16-6-8-18-9-7-16/h2-5,11,15H,6-10H2,1H3/t11-/m1/s1. The second-order valence-electron chi connectivity index (χ2n) is 4.38. The summed E-state index contributed by atoms with van der Waals surface area (Å²) in [6.07, 6.45) is 3.52. The van der Waals surface area contributed by atoms with Crippen molar-refractivity contribution in [1.82, 2.24) is 15.2 Å². The summed E-state index contributed by atoms with van der Waals surface area (Å²) in [5, 5.41) is 3.24. The molecule has 1 amide bonds. The lowest BCUT2D eigenvalue weighted by Crippen LogP contribution is -2.45. The molecule has 1 aliphatic heterocycles. The molecule has 1 aromatic heterocycles. The maximum Gasteiger partial charge on any atom is 0.236 e. The van der Waals surface area contributed by atoms with E-state index in [1.807, 2.05) is 24.0 Å². The van der Waals surface area contributed by atoms with Crippen LogP contribution in [-0.2, 0) is 9.53 Å². The summed E-state index contributed by atoms with van der Waals surface area (Å²) in [5.74, 6) is 0.138. The first-order valence-corrected chi connectivity index (χ1v) is 6.26. The average molecular weight is 249 g/mol. The molecule has 5 heteroatoms. The Kier molecular flexibility index (Phi) is 4.66. The van der Waals surface area contributed by atoms with Crippen LogP contribution < -0.4 is 5.32 Å². The highest BCUT2D eigenvalue weighted by Gasteiger charge is 2.17. The minimum Gasteiger partial charge on any atom is -0.378 e. The van der Waals surface area contributed by atoms with Crippen LogP contribution in [0.4, 0.5) is 0 Å². The molecule has 1 fully saturated rings. The molecule has 0 unspecified atom stereocenters. The van der Waals surface area contributed by atoms with Crippen molar-refractivity contribution in [2.24, 2.45) is 0 Å². The zero-order chi connectivity index (χ0) is 12.8. The first kappa shape index (κ1) is 13.0. The third-order valence-electron chi connectivity index (χ3n) is 3.13. The fourth-order valence-electron chi connectivity index (χ4n) is 1.93. The third-order valence-corrected chi connectivity index (χ3v) is 3.13. The number of pyridine rings is 1. The van der Waals surface area contributed by atoms with Crippen LogP contribution in [0.25, 0.3) is 0 Å². The van der Waals surface area contributed by atoms with E-state index in [0.717, 1.165) is 5.56 Å². The van der Waals surface area contributed by atoms with E-state index in [1.165, 1.54) is 0 Å². The van der Waals surface area contributed by atoms with Crippen LogP contribution in [0.1, 0.15) is 18.5 Å². The molecule has 1 saturated heterocycles. The molecule has 1 atom stereocenters. The monoisotopic (exact) mass is 249 g/mol. The number of aromatic nitrogens is 1. The van der Waals surface area contributed by atoms with Crippen molar-refractivity contribution in [2.45, 2.75) is 13.0 Å². The van der Waals surface area contributed by atoms with E-state index in [4.69, 9.17) is 4.74 Å². The molecular weight excluding hydrogens is 230 g/mol. The van der Waals surface area contributed by atoms with E-state index in [0.29, 0.717) is 32.8 Å². The largest absolute Gasteiger partial charge is 0.378 e. The van der Waals surface area contributed by atoms with Crippen LogP contribution in [0.15, 0.2) is 24.5 Å². The number of nitrogens with zero attached hydrogens (tertiary/aromatic N) is 2. The molecule has 2 heterocycles. The Morgan fingerprint density at radius 3 is 2.78 bits per heavy atom. The highest BCUT2D eigenvalue weighted by Crippen LogP contribution is 2.09. The van der Waals surface area contributed by atoms with Crippen LogP contribution in [-0.4, -0.2) is 48.6 Å². The number of ether oxygens (including phenoxy) is 1. The van der Waals surface area contributed by atoms with Crippen molar-refractivity contribution in [2.75, 3.05) is 32.8 Å². The molecule has 0 aliphatic carbocycles. The number of carbonyl (C=O) groups is 1. The van der Waals surface area contributed by atoms with Gasteiger partial charge in [-0.05, 0) is 24.6 Å². The van der Waals surface area contributed by atoms with Gasteiger partial charge in [-0.2, -0.15) is 0 Å². The fourth-order valence-corrected chi connectivity index (χ4v) is 1.93. The number of hydrogen-bond acceptors (Lipinski definition) is 4. The zero-order valence-corrected chi connectivity index (χ0v) is 10.6. The molecule has 98 valence electrons. The molecule has 0 radical (unpaired) electrons. The van der Waals surface area contributed by atoms with Gasteiger partial charge in [0.2, 0.25) is 5.91 Å². The quantitative estimate of drug-likeness (QED) is 0.848. The lowest BCUT2D eigenvalue weighted by atomic mass is 10.1. The second-order valence-corrected chi connectivity index (χ2v) is 4.38. The molecule has 0 aromatic carbocycles. The maximum absolute atomic E-state index is 11.9. The van der Waals surface area contributed by atoms with Crippen molar-refractivity contribution in [1.29, 1.82) is 0 Å². The van der Waals surface area contributed by atoms with Gasteiger partial charge in [0.05, 0.1) is 19.8 Å².